The van der Waals surface area contributed by atoms with Gasteiger partial charge in [0.15, 0.2) is 0 Å². The minimum absolute atomic E-state index is 0.353. The summed E-state index contributed by atoms with van der Waals surface area (Å²) in [7, 11) is 0. The van der Waals surface area contributed by atoms with E-state index in [1.807, 2.05) is 6.07 Å². The van der Waals surface area contributed by atoms with Crippen LogP contribution in [0.4, 0.5) is 10.5 Å². The molecule has 4 heteroatoms. The summed E-state index contributed by atoms with van der Waals surface area (Å²) in [6, 6.07) is 15.3. The third-order valence-electron chi connectivity index (χ3n) is 2.00. The Bertz CT molecular complexity index is 511. The summed E-state index contributed by atoms with van der Waals surface area (Å²) in [5.74, 6) is 0.785. The molecule has 0 radical (unpaired) electrons. The van der Waals surface area contributed by atoms with Crippen LogP contribution >= 0.6 is 0 Å². The van der Waals surface area contributed by atoms with Crippen molar-refractivity contribution in [3.63, 3.8) is 0 Å². The molecule has 2 aromatic carbocycles. The normalized spacial score (nSPS) is 9.65. The van der Waals surface area contributed by atoms with Gasteiger partial charge in [0, 0.05) is 11.8 Å². The van der Waals surface area contributed by atoms with Crippen LogP contribution in [0.3, 0.4) is 0 Å². The molecule has 4 nitrogen and oxygen atoms in total. The van der Waals surface area contributed by atoms with Crippen LogP contribution in [0.1, 0.15) is 0 Å². The lowest BCUT2D eigenvalue weighted by molar-refractivity contribution is 0.152. The molecule has 0 aliphatic heterocycles. The molecule has 0 saturated heterocycles. The van der Waals surface area contributed by atoms with Gasteiger partial charge in [-0.2, -0.15) is 0 Å². The second-order valence-corrected chi connectivity index (χ2v) is 3.34. The molecule has 2 rings (SSSR count). The minimum atomic E-state index is -0.790. The number of benzene rings is 2. The predicted molar refractivity (Wildman–Crippen MR) is 63.9 cm³/mol. The molecular weight excluding hydrogens is 218 g/mol. The Kier molecular flexibility index (Phi) is 3.25. The highest BCUT2D eigenvalue weighted by Crippen LogP contribution is 2.16. The van der Waals surface area contributed by atoms with Gasteiger partial charge in [0.25, 0.3) is 0 Å². The van der Waals surface area contributed by atoms with Crippen molar-refractivity contribution in [3.8, 4) is 11.5 Å². The zero-order valence-corrected chi connectivity index (χ0v) is 9.00. The van der Waals surface area contributed by atoms with Gasteiger partial charge < -0.3 is 15.2 Å². The van der Waals surface area contributed by atoms with Crippen LogP contribution in [0, 0.1) is 0 Å². The summed E-state index contributed by atoms with van der Waals surface area (Å²) in [6.45, 7) is 0. The number of anilines is 1. The molecule has 0 aliphatic carbocycles. The maximum atomic E-state index is 11.4. The van der Waals surface area contributed by atoms with Crippen LogP contribution in [-0.2, 0) is 0 Å². The van der Waals surface area contributed by atoms with Crippen molar-refractivity contribution in [3.05, 3.63) is 54.6 Å². The Morgan fingerprint density at radius 2 is 1.53 bits per heavy atom. The predicted octanol–water partition coefficient (Wildman–Crippen LogP) is 2.85. The Hall–Kier alpha value is -2.49. The van der Waals surface area contributed by atoms with E-state index in [-0.39, 0.29) is 0 Å². The van der Waals surface area contributed by atoms with Gasteiger partial charge in [-0.3, -0.25) is 0 Å². The van der Waals surface area contributed by atoms with E-state index >= 15 is 0 Å². The molecule has 0 spiro atoms. The van der Waals surface area contributed by atoms with E-state index in [0.717, 1.165) is 0 Å². The molecular formula is C13H11NO3. The first-order valence-corrected chi connectivity index (χ1v) is 5.04. The Morgan fingerprint density at radius 3 is 2.24 bits per heavy atom. The zero-order valence-electron chi connectivity index (χ0n) is 9.00. The molecule has 2 aromatic rings. The van der Waals surface area contributed by atoms with E-state index in [1.165, 1.54) is 0 Å². The lowest BCUT2D eigenvalue weighted by atomic mass is 10.3. The number of rotatable bonds is 2. The molecule has 2 N–H and O–H groups in total. The monoisotopic (exact) mass is 229 g/mol. The van der Waals surface area contributed by atoms with Crippen molar-refractivity contribution in [2.24, 2.45) is 0 Å². The third kappa shape index (κ3) is 3.24. The number of ether oxygens (including phenoxy) is 2. The average molecular weight is 229 g/mol. The summed E-state index contributed by atoms with van der Waals surface area (Å²) < 4.78 is 9.91. The fourth-order valence-corrected chi connectivity index (χ4v) is 1.28. The van der Waals surface area contributed by atoms with Crippen LogP contribution in [0.2, 0.25) is 0 Å². The van der Waals surface area contributed by atoms with E-state index < -0.39 is 6.16 Å². The van der Waals surface area contributed by atoms with Gasteiger partial charge in [0.05, 0.1) is 0 Å². The highest BCUT2D eigenvalue weighted by molar-refractivity contribution is 5.67. The number of nitrogen functional groups attached to an aromatic ring is 1. The quantitative estimate of drug-likeness (QED) is 0.488. The fraction of sp³-hybridized carbons (Fsp3) is 0. The van der Waals surface area contributed by atoms with Crippen molar-refractivity contribution < 1.29 is 14.3 Å². The summed E-state index contributed by atoms with van der Waals surface area (Å²) in [5.41, 5.74) is 6.08. The molecule has 86 valence electrons. The largest absolute Gasteiger partial charge is 0.519 e. The van der Waals surface area contributed by atoms with Gasteiger partial charge >= 0.3 is 6.16 Å². The van der Waals surface area contributed by atoms with E-state index in [4.69, 9.17) is 15.2 Å². The van der Waals surface area contributed by atoms with Crippen molar-refractivity contribution in [2.75, 3.05) is 5.73 Å². The number of carbonyl (C=O) groups excluding carboxylic acids is 1. The molecule has 0 fully saturated rings. The molecule has 0 amide bonds. The van der Waals surface area contributed by atoms with Crippen LogP contribution in [0.15, 0.2) is 54.6 Å². The Balaban J connectivity index is 1.98. The van der Waals surface area contributed by atoms with E-state index in [1.54, 1.807) is 48.5 Å². The lowest BCUT2D eigenvalue weighted by Crippen LogP contribution is -2.13. The number of hydrogen-bond acceptors (Lipinski definition) is 4. The van der Waals surface area contributed by atoms with E-state index in [0.29, 0.717) is 17.2 Å². The summed E-state index contributed by atoms with van der Waals surface area (Å²) in [5, 5.41) is 0. The second-order valence-electron chi connectivity index (χ2n) is 3.34. The summed E-state index contributed by atoms with van der Waals surface area (Å²) >= 11 is 0. The van der Waals surface area contributed by atoms with Gasteiger partial charge in [-0.05, 0) is 24.3 Å². The Labute approximate surface area is 98.6 Å². The SMILES string of the molecule is Nc1cccc(OC(=O)Oc2ccccc2)c1. The average Bonchev–Trinajstić information content (AvgIpc) is 2.30. The third-order valence-corrected chi connectivity index (χ3v) is 2.00. The molecule has 0 heterocycles. The van der Waals surface area contributed by atoms with E-state index in [9.17, 15) is 4.79 Å². The van der Waals surface area contributed by atoms with Crippen LogP contribution in [-0.4, -0.2) is 6.16 Å². The van der Waals surface area contributed by atoms with Crippen molar-refractivity contribution >= 4 is 11.8 Å². The molecule has 0 aromatic heterocycles. The Morgan fingerprint density at radius 1 is 0.882 bits per heavy atom. The van der Waals surface area contributed by atoms with Crippen LogP contribution in [0.25, 0.3) is 0 Å². The zero-order chi connectivity index (χ0) is 12.1. The molecule has 17 heavy (non-hydrogen) atoms. The van der Waals surface area contributed by atoms with Crippen LogP contribution < -0.4 is 15.2 Å². The van der Waals surface area contributed by atoms with Gasteiger partial charge in [0.2, 0.25) is 0 Å². The number of carbonyl (C=O) groups is 1. The maximum absolute atomic E-state index is 11.4. The second kappa shape index (κ2) is 5.03. The standard InChI is InChI=1S/C13H11NO3/c14-10-5-4-8-12(9-10)17-13(15)16-11-6-2-1-3-7-11/h1-9H,14H2. The summed E-state index contributed by atoms with van der Waals surface area (Å²) in [4.78, 5) is 11.4. The first kappa shape index (κ1) is 11.0. The number of hydrogen-bond donors (Lipinski definition) is 1. The van der Waals surface area contributed by atoms with Gasteiger partial charge in [-0.25, -0.2) is 4.79 Å². The molecule has 0 bridgehead atoms. The number of para-hydroxylation sites is 1. The lowest BCUT2D eigenvalue weighted by Gasteiger charge is -2.05. The van der Waals surface area contributed by atoms with Crippen molar-refractivity contribution in [2.45, 2.75) is 0 Å². The maximum Gasteiger partial charge on any atom is 0.519 e. The molecule has 0 saturated carbocycles. The minimum Gasteiger partial charge on any atom is -0.399 e. The summed E-state index contributed by atoms with van der Waals surface area (Å²) in [6.07, 6.45) is -0.790. The number of nitrogens with two attached hydrogens (primary N) is 1. The first-order chi connectivity index (χ1) is 8.24. The highest BCUT2D eigenvalue weighted by atomic mass is 16.7. The van der Waals surface area contributed by atoms with Gasteiger partial charge in [-0.15, -0.1) is 0 Å². The van der Waals surface area contributed by atoms with Crippen molar-refractivity contribution in [1.82, 2.24) is 0 Å². The fourth-order valence-electron chi connectivity index (χ4n) is 1.28. The molecule has 0 unspecified atom stereocenters. The smallest absolute Gasteiger partial charge is 0.399 e. The van der Waals surface area contributed by atoms with Crippen molar-refractivity contribution in [1.29, 1.82) is 0 Å². The van der Waals surface area contributed by atoms with E-state index in [2.05, 4.69) is 0 Å². The van der Waals surface area contributed by atoms with Gasteiger partial charge in [-0.1, -0.05) is 24.3 Å². The first-order valence-electron chi connectivity index (χ1n) is 5.04. The molecule has 0 aliphatic rings. The van der Waals surface area contributed by atoms with Gasteiger partial charge in [0.1, 0.15) is 11.5 Å². The highest BCUT2D eigenvalue weighted by Gasteiger charge is 2.07. The molecule has 0 atom stereocenters. The topological polar surface area (TPSA) is 61.5 Å². The van der Waals surface area contributed by atoms with Crippen LogP contribution in [0.5, 0.6) is 11.5 Å².